The van der Waals surface area contributed by atoms with E-state index in [9.17, 15) is 4.79 Å². The minimum Gasteiger partial charge on any atom is -0.465 e. The normalized spacial score (nSPS) is 10.1. The summed E-state index contributed by atoms with van der Waals surface area (Å²) in [6.07, 6.45) is -1.08. The Morgan fingerprint density at radius 1 is 1.25 bits per heavy atom. The summed E-state index contributed by atoms with van der Waals surface area (Å²) in [6.45, 7) is 1.94. The maximum Gasteiger partial charge on any atom is 0.411 e. The molecule has 0 aromatic heterocycles. The van der Waals surface area contributed by atoms with Crippen LogP contribution in [0.2, 0.25) is 0 Å². The molecule has 0 aliphatic rings. The molecule has 0 aliphatic heterocycles. The van der Waals surface area contributed by atoms with Crippen molar-refractivity contribution in [1.29, 1.82) is 0 Å². The molecule has 0 spiro atoms. The molecule has 5 nitrogen and oxygen atoms in total. The summed E-state index contributed by atoms with van der Waals surface area (Å²) in [4.78, 5) is 12.1. The number of carboxylic acid groups (broad SMARTS) is 1. The lowest BCUT2D eigenvalue weighted by molar-refractivity contribution is 0.203. The van der Waals surface area contributed by atoms with Gasteiger partial charge < -0.3 is 15.6 Å². The average molecular weight is 272 g/mol. The van der Waals surface area contributed by atoms with Gasteiger partial charge in [-0.15, -0.1) is 0 Å². The van der Waals surface area contributed by atoms with E-state index in [0.29, 0.717) is 17.1 Å². The monoisotopic (exact) mass is 272 g/mol. The Kier molecular flexibility index (Phi) is 3.79. The number of anilines is 2. The average Bonchev–Trinajstić information content (AvgIpc) is 2.42. The lowest BCUT2D eigenvalue weighted by atomic mass is 10.2. The Hall–Kier alpha value is -2.69. The van der Waals surface area contributed by atoms with E-state index in [1.165, 1.54) is 7.05 Å². The Morgan fingerprint density at radius 3 is 2.60 bits per heavy atom. The van der Waals surface area contributed by atoms with Crippen LogP contribution in [0.15, 0.2) is 42.5 Å². The number of hydrogen-bond acceptors (Lipinski definition) is 3. The van der Waals surface area contributed by atoms with Crippen LogP contribution >= 0.6 is 0 Å². The SMILES string of the molecule is Cc1ccccc1Oc1ccc(N)c(N(C)C(=O)O)c1. The largest absolute Gasteiger partial charge is 0.465 e. The van der Waals surface area contributed by atoms with E-state index < -0.39 is 6.09 Å². The van der Waals surface area contributed by atoms with Gasteiger partial charge in [0, 0.05) is 13.1 Å². The van der Waals surface area contributed by atoms with E-state index >= 15 is 0 Å². The fourth-order valence-corrected chi connectivity index (χ4v) is 1.78. The number of ether oxygens (including phenoxy) is 1. The van der Waals surface area contributed by atoms with Crippen molar-refractivity contribution in [2.45, 2.75) is 6.92 Å². The molecule has 0 aliphatic carbocycles. The second-order valence-corrected chi connectivity index (χ2v) is 4.43. The van der Waals surface area contributed by atoms with Gasteiger partial charge in [0.25, 0.3) is 0 Å². The van der Waals surface area contributed by atoms with Crippen LogP contribution < -0.4 is 15.4 Å². The van der Waals surface area contributed by atoms with Gasteiger partial charge in [-0.1, -0.05) is 18.2 Å². The molecule has 0 radical (unpaired) electrons. The van der Waals surface area contributed by atoms with Crippen molar-refractivity contribution < 1.29 is 14.6 Å². The zero-order chi connectivity index (χ0) is 14.7. The molecule has 5 heteroatoms. The van der Waals surface area contributed by atoms with Crippen molar-refractivity contribution in [2.24, 2.45) is 0 Å². The molecule has 1 amide bonds. The molecule has 2 rings (SSSR count). The molecule has 0 heterocycles. The summed E-state index contributed by atoms with van der Waals surface area (Å²) in [5.74, 6) is 1.26. The number of rotatable bonds is 3. The van der Waals surface area contributed by atoms with Crippen molar-refractivity contribution in [3.05, 3.63) is 48.0 Å². The Bertz CT molecular complexity index is 641. The molecule has 0 fully saturated rings. The standard InChI is InChI=1S/C15H16N2O3/c1-10-5-3-4-6-14(10)20-11-7-8-12(16)13(9-11)17(2)15(18)19/h3-9H,16H2,1-2H3,(H,18,19). The summed E-state index contributed by atoms with van der Waals surface area (Å²) in [6, 6.07) is 12.5. The third-order valence-electron chi connectivity index (χ3n) is 2.97. The van der Waals surface area contributed by atoms with E-state index in [1.54, 1.807) is 18.2 Å². The lowest BCUT2D eigenvalue weighted by Gasteiger charge is -2.17. The molecule has 0 unspecified atom stereocenters. The van der Waals surface area contributed by atoms with Gasteiger partial charge in [0.05, 0.1) is 11.4 Å². The van der Waals surface area contributed by atoms with Crippen molar-refractivity contribution >= 4 is 17.5 Å². The topological polar surface area (TPSA) is 75.8 Å². The number of para-hydroxylation sites is 1. The Morgan fingerprint density at radius 2 is 1.95 bits per heavy atom. The molecule has 0 saturated heterocycles. The van der Waals surface area contributed by atoms with Crippen molar-refractivity contribution in [3.8, 4) is 11.5 Å². The minimum absolute atomic E-state index is 0.382. The zero-order valence-electron chi connectivity index (χ0n) is 11.3. The predicted molar refractivity (Wildman–Crippen MR) is 78.5 cm³/mol. The summed E-state index contributed by atoms with van der Waals surface area (Å²) < 4.78 is 5.76. The number of carbonyl (C=O) groups is 1. The molecule has 0 saturated carbocycles. The number of benzene rings is 2. The Labute approximate surface area is 117 Å². The quantitative estimate of drug-likeness (QED) is 0.839. The van der Waals surface area contributed by atoms with Crippen LogP contribution in [0, 0.1) is 6.92 Å². The van der Waals surface area contributed by atoms with E-state index in [0.717, 1.165) is 16.2 Å². The highest BCUT2D eigenvalue weighted by molar-refractivity contribution is 5.90. The number of aryl methyl sites for hydroxylation is 1. The summed E-state index contributed by atoms with van der Waals surface area (Å²) in [5.41, 5.74) is 7.56. The van der Waals surface area contributed by atoms with Gasteiger partial charge in [-0.05, 0) is 30.7 Å². The van der Waals surface area contributed by atoms with Crippen LogP contribution in [0.3, 0.4) is 0 Å². The highest BCUT2D eigenvalue weighted by Crippen LogP contribution is 2.31. The lowest BCUT2D eigenvalue weighted by Crippen LogP contribution is -2.24. The molecule has 0 atom stereocenters. The van der Waals surface area contributed by atoms with E-state index in [4.69, 9.17) is 15.6 Å². The molecule has 3 N–H and O–H groups in total. The molecule has 0 bridgehead atoms. The first kappa shape index (κ1) is 13.7. The second kappa shape index (κ2) is 5.52. The third kappa shape index (κ3) is 2.83. The van der Waals surface area contributed by atoms with Crippen LogP contribution in [0.4, 0.5) is 16.2 Å². The van der Waals surface area contributed by atoms with E-state index in [1.807, 2.05) is 31.2 Å². The number of nitrogen functional groups attached to an aromatic ring is 1. The summed E-state index contributed by atoms with van der Waals surface area (Å²) in [7, 11) is 1.44. The first-order valence-electron chi connectivity index (χ1n) is 6.08. The number of amides is 1. The van der Waals surface area contributed by atoms with Gasteiger partial charge in [-0.3, -0.25) is 4.90 Å². The van der Waals surface area contributed by atoms with Crippen molar-refractivity contribution in [1.82, 2.24) is 0 Å². The maximum absolute atomic E-state index is 11.0. The Balaban J connectivity index is 2.33. The number of nitrogens with two attached hydrogens (primary N) is 1. The first-order valence-corrected chi connectivity index (χ1v) is 6.08. The molecule has 104 valence electrons. The smallest absolute Gasteiger partial charge is 0.411 e. The van der Waals surface area contributed by atoms with Crippen LogP contribution in [-0.2, 0) is 0 Å². The van der Waals surface area contributed by atoms with Gasteiger partial charge in [0.1, 0.15) is 11.5 Å². The highest BCUT2D eigenvalue weighted by atomic mass is 16.5. The summed E-state index contributed by atoms with van der Waals surface area (Å²) in [5, 5.41) is 9.01. The molecule has 2 aromatic carbocycles. The van der Waals surface area contributed by atoms with E-state index in [2.05, 4.69) is 0 Å². The first-order chi connectivity index (χ1) is 9.49. The third-order valence-corrected chi connectivity index (χ3v) is 2.97. The second-order valence-electron chi connectivity index (χ2n) is 4.43. The van der Waals surface area contributed by atoms with E-state index in [-0.39, 0.29) is 0 Å². The van der Waals surface area contributed by atoms with Crippen LogP contribution in [-0.4, -0.2) is 18.2 Å². The zero-order valence-corrected chi connectivity index (χ0v) is 11.3. The van der Waals surface area contributed by atoms with Gasteiger partial charge in [0.15, 0.2) is 0 Å². The van der Waals surface area contributed by atoms with Crippen LogP contribution in [0.25, 0.3) is 0 Å². The molecule has 20 heavy (non-hydrogen) atoms. The van der Waals surface area contributed by atoms with Crippen molar-refractivity contribution in [2.75, 3.05) is 17.7 Å². The van der Waals surface area contributed by atoms with Gasteiger partial charge in [0.2, 0.25) is 0 Å². The van der Waals surface area contributed by atoms with Gasteiger partial charge in [-0.2, -0.15) is 0 Å². The minimum atomic E-state index is -1.08. The van der Waals surface area contributed by atoms with Gasteiger partial charge in [-0.25, -0.2) is 4.79 Å². The number of nitrogens with zero attached hydrogens (tertiary/aromatic N) is 1. The maximum atomic E-state index is 11.0. The van der Waals surface area contributed by atoms with Gasteiger partial charge >= 0.3 is 6.09 Å². The highest BCUT2D eigenvalue weighted by Gasteiger charge is 2.13. The fourth-order valence-electron chi connectivity index (χ4n) is 1.78. The predicted octanol–water partition coefficient (Wildman–Crippen LogP) is 3.48. The molecular weight excluding hydrogens is 256 g/mol. The molecular formula is C15H16N2O3. The molecule has 2 aromatic rings. The fraction of sp³-hybridized carbons (Fsp3) is 0.133. The number of hydrogen-bond donors (Lipinski definition) is 2. The van der Waals surface area contributed by atoms with Crippen molar-refractivity contribution in [3.63, 3.8) is 0 Å². The van der Waals surface area contributed by atoms with Crippen LogP contribution in [0.1, 0.15) is 5.56 Å². The van der Waals surface area contributed by atoms with Crippen LogP contribution in [0.5, 0.6) is 11.5 Å². The summed E-state index contributed by atoms with van der Waals surface area (Å²) >= 11 is 0.